The monoisotopic (exact) mass is 432 g/mol. The minimum atomic E-state index is -0.245. The number of nitrogens with one attached hydrogen (secondary N) is 1. The van der Waals surface area contributed by atoms with Crippen LogP contribution < -0.4 is 10.1 Å². The third kappa shape index (κ3) is 5.06. The van der Waals surface area contributed by atoms with Gasteiger partial charge in [-0.2, -0.15) is 11.8 Å². The largest absolute Gasteiger partial charge is 0.483 e. The highest BCUT2D eigenvalue weighted by molar-refractivity contribution is 7.98. The molecule has 2 aromatic carbocycles. The van der Waals surface area contributed by atoms with Gasteiger partial charge in [0.05, 0.1) is 6.04 Å². The number of aromatic nitrogens is 3. The van der Waals surface area contributed by atoms with Crippen molar-refractivity contribution in [3.05, 3.63) is 84.8 Å². The van der Waals surface area contributed by atoms with Gasteiger partial charge >= 0.3 is 0 Å². The number of rotatable bonds is 9. The maximum atomic E-state index is 12.8. The lowest BCUT2D eigenvalue weighted by molar-refractivity contribution is -0.123. The number of amides is 1. The van der Waals surface area contributed by atoms with Crippen molar-refractivity contribution in [2.75, 3.05) is 18.6 Å². The molecule has 2 aromatic heterocycles. The summed E-state index contributed by atoms with van der Waals surface area (Å²) in [5.41, 5.74) is 2.76. The summed E-state index contributed by atoms with van der Waals surface area (Å²) in [5, 5.41) is 11.6. The Morgan fingerprint density at radius 2 is 1.81 bits per heavy atom. The van der Waals surface area contributed by atoms with Gasteiger partial charge in [0.25, 0.3) is 5.91 Å². The van der Waals surface area contributed by atoms with E-state index in [1.165, 1.54) is 0 Å². The van der Waals surface area contributed by atoms with Crippen LogP contribution in [0.15, 0.2) is 79.0 Å². The van der Waals surface area contributed by atoms with Crippen LogP contribution in [0.2, 0.25) is 0 Å². The maximum absolute atomic E-state index is 12.8. The fourth-order valence-electron chi connectivity index (χ4n) is 3.43. The Balaban J connectivity index is 1.47. The van der Waals surface area contributed by atoms with Crippen LogP contribution in [0.5, 0.6) is 5.75 Å². The Labute approximate surface area is 185 Å². The molecule has 158 valence electrons. The molecule has 0 spiro atoms. The zero-order valence-corrected chi connectivity index (χ0v) is 18.1. The number of benzene rings is 2. The summed E-state index contributed by atoms with van der Waals surface area (Å²) in [4.78, 5) is 12.8. The van der Waals surface area contributed by atoms with Crippen molar-refractivity contribution in [3.8, 4) is 16.9 Å². The number of hydrogen-bond acceptors (Lipinski definition) is 5. The van der Waals surface area contributed by atoms with E-state index in [0.29, 0.717) is 5.75 Å². The van der Waals surface area contributed by atoms with Gasteiger partial charge < -0.3 is 10.1 Å². The minimum Gasteiger partial charge on any atom is -0.483 e. The summed E-state index contributed by atoms with van der Waals surface area (Å²) >= 11 is 1.73. The number of fused-ring (bicyclic) bond motifs is 1. The molecule has 6 nitrogen and oxygen atoms in total. The summed E-state index contributed by atoms with van der Waals surface area (Å²) in [6.07, 6.45) is 4.71. The molecule has 0 fully saturated rings. The Bertz CT molecular complexity index is 1150. The molecule has 0 aliphatic rings. The molecule has 7 heteroatoms. The molecule has 2 heterocycles. The molecule has 0 saturated heterocycles. The quantitative estimate of drug-likeness (QED) is 0.425. The number of carbonyl (C=O) groups is 1. The molecule has 4 aromatic rings. The fraction of sp³-hybridized carbons (Fsp3) is 0.208. The zero-order valence-electron chi connectivity index (χ0n) is 17.3. The van der Waals surface area contributed by atoms with Crippen molar-refractivity contribution in [1.29, 1.82) is 0 Å². The van der Waals surface area contributed by atoms with E-state index in [9.17, 15) is 4.79 Å². The molecule has 0 aliphatic heterocycles. The topological polar surface area (TPSA) is 68.5 Å². The van der Waals surface area contributed by atoms with Gasteiger partial charge in [0.2, 0.25) is 0 Å². The third-order valence-electron chi connectivity index (χ3n) is 4.93. The SMILES string of the molecule is CSCCC(NC(=O)COc1ccccc1-c1ccccc1)c1nnc2ccccn12. The van der Waals surface area contributed by atoms with Crippen LogP contribution in [0.25, 0.3) is 16.8 Å². The van der Waals surface area contributed by atoms with Gasteiger partial charge in [-0.05, 0) is 42.2 Å². The first kappa shape index (κ1) is 20.9. The highest BCUT2D eigenvalue weighted by Gasteiger charge is 2.20. The normalized spacial score (nSPS) is 11.9. The van der Waals surface area contributed by atoms with E-state index in [4.69, 9.17) is 4.74 Å². The van der Waals surface area contributed by atoms with E-state index in [1.54, 1.807) is 11.8 Å². The van der Waals surface area contributed by atoms with Gasteiger partial charge in [-0.25, -0.2) is 0 Å². The summed E-state index contributed by atoms with van der Waals surface area (Å²) in [6.45, 7) is -0.0731. The first-order valence-electron chi connectivity index (χ1n) is 10.1. The molecular formula is C24H24N4O2S. The van der Waals surface area contributed by atoms with Crippen molar-refractivity contribution in [1.82, 2.24) is 19.9 Å². The second-order valence-corrected chi connectivity index (χ2v) is 8.03. The number of carbonyl (C=O) groups excluding carboxylic acids is 1. The van der Waals surface area contributed by atoms with Crippen molar-refractivity contribution in [2.24, 2.45) is 0 Å². The zero-order chi connectivity index (χ0) is 21.5. The van der Waals surface area contributed by atoms with Gasteiger partial charge in [-0.15, -0.1) is 10.2 Å². The van der Waals surface area contributed by atoms with Crippen molar-refractivity contribution in [3.63, 3.8) is 0 Å². The van der Waals surface area contributed by atoms with Crippen molar-refractivity contribution in [2.45, 2.75) is 12.5 Å². The molecule has 0 bridgehead atoms. The van der Waals surface area contributed by atoms with Crippen LogP contribution in [0.4, 0.5) is 0 Å². The molecule has 1 unspecified atom stereocenters. The van der Waals surface area contributed by atoms with Crippen LogP contribution >= 0.6 is 11.8 Å². The van der Waals surface area contributed by atoms with Crippen LogP contribution in [-0.2, 0) is 4.79 Å². The van der Waals surface area contributed by atoms with Gasteiger partial charge in [0.1, 0.15) is 5.75 Å². The van der Waals surface area contributed by atoms with E-state index < -0.39 is 0 Å². The molecule has 1 atom stereocenters. The maximum Gasteiger partial charge on any atom is 0.258 e. The lowest BCUT2D eigenvalue weighted by atomic mass is 10.1. The first-order valence-corrected chi connectivity index (χ1v) is 11.5. The van der Waals surface area contributed by atoms with Gasteiger partial charge in [-0.3, -0.25) is 9.20 Å². The summed E-state index contributed by atoms with van der Waals surface area (Å²) in [6, 6.07) is 23.2. The van der Waals surface area contributed by atoms with Crippen LogP contribution in [-0.4, -0.2) is 39.1 Å². The summed E-state index contributed by atoms with van der Waals surface area (Å²) in [7, 11) is 0. The average Bonchev–Trinajstić information content (AvgIpc) is 3.25. The Hall–Kier alpha value is -3.32. The number of para-hydroxylation sites is 1. The molecule has 31 heavy (non-hydrogen) atoms. The minimum absolute atomic E-state index is 0.0731. The van der Waals surface area contributed by atoms with E-state index in [1.807, 2.05) is 89.6 Å². The number of thioether (sulfide) groups is 1. The number of nitrogens with zero attached hydrogens (tertiary/aromatic N) is 3. The van der Waals surface area contributed by atoms with E-state index in [0.717, 1.165) is 34.8 Å². The molecule has 4 rings (SSSR count). The standard InChI is InChI=1S/C24H24N4O2S/c1-31-16-14-20(24-27-26-22-13-7-8-15-28(22)24)25-23(29)17-30-21-12-6-5-11-19(21)18-9-3-2-4-10-18/h2-13,15,20H,14,16-17H2,1H3,(H,25,29). The van der Waals surface area contributed by atoms with E-state index in [-0.39, 0.29) is 18.6 Å². The number of ether oxygens (including phenoxy) is 1. The molecule has 1 N–H and O–H groups in total. The third-order valence-corrected chi connectivity index (χ3v) is 5.57. The molecule has 0 radical (unpaired) electrons. The number of pyridine rings is 1. The lowest BCUT2D eigenvalue weighted by Gasteiger charge is -2.18. The Morgan fingerprint density at radius 1 is 1.03 bits per heavy atom. The van der Waals surface area contributed by atoms with Crippen molar-refractivity contribution >= 4 is 23.3 Å². The Morgan fingerprint density at radius 3 is 2.65 bits per heavy atom. The molecule has 0 saturated carbocycles. The second kappa shape index (κ2) is 10.1. The predicted molar refractivity (Wildman–Crippen MR) is 124 cm³/mol. The second-order valence-electron chi connectivity index (χ2n) is 7.04. The highest BCUT2D eigenvalue weighted by atomic mass is 32.2. The molecule has 0 aliphatic carbocycles. The summed E-state index contributed by atoms with van der Waals surface area (Å²) < 4.78 is 7.82. The Kier molecular flexibility index (Phi) is 6.84. The predicted octanol–water partition coefficient (Wildman–Crippen LogP) is 4.39. The fourth-order valence-corrected chi connectivity index (χ4v) is 3.90. The lowest BCUT2D eigenvalue weighted by Crippen LogP contribution is -2.34. The number of hydrogen-bond donors (Lipinski definition) is 1. The van der Waals surface area contributed by atoms with E-state index in [2.05, 4.69) is 15.5 Å². The van der Waals surface area contributed by atoms with Gasteiger partial charge in [-0.1, -0.05) is 54.6 Å². The van der Waals surface area contributed by atoms with Crippen LogP contribution in [0, 0.1) is 0 Å². The average molecular weight is 433 g/mol. The smallest absolute Gasteiger partial charge is 0.258 e. The van der Waals surface area contributed by atoms with Crippen LogP contribution in [0.3, 0.4) is 0 Å². The van der Waals surface area contributed by atoms with Gasteiger partial charge in [0.15, 0.2) is 18.1 Å². The van der Waals surface area contributed by atoms with Crippen molar-refractivity contribution < 1.29 is 9.53 Å². The van der Waals surface area contributed by atoms with Crippen LogP contribution in [0.1, 0.15) is 18.3 Å². The van der Waals surface area contributed by atoms with E-state index >= 15 is 0 Å². The molecule has 1 amide bonds. The highest BCUT2D eigenvalue weighted by Crippen LogP contribution is 2.29. The first-order chi connectivity index (χ1) is 15.3. The molecular weight excluding hydrogens is 408 g/mol. The summed E-state index contributed by atoms with van der Waals surface area (Å²) in [5.74, 6) is 2.10. The van der Waals surface area contributed by atoms with Gasteiger partial charge in [0, 0.05) is 11.8 Å².